The summed E-state index contributed by atoms with van der Waals surface area (Å²) in [7, 11) is 0. The summed E-state index contributed by atoms with van der Waals surface area (Å²) in [6, 6.07) is 0. The first-order valence-electron chi connectivity index (χ1n) is 5.31. The summed E-state index contributed by atoms with van der Waals surface area (Å²) in [5.74, 6) is 0. The summed E-state index contributed by atoms with van der Waals surface area (Å²) in [6.07, 6.45) is 17.3. The van der Waals surface area contributed by atoms with Crippen LogP contribution in [0.15, 0.2) is 76.1 Å². The molecule has 0 aromatic heterocycles. The molecule has 0 saturated carbocycles. The molecule has 0 fully saturated rings. The van der Waals surface area contributed by atoms with Gasteiger partial charge >= 0.3 is 0 Å². The van der Waals surface area contributed by atoms with Crippen LogP contribution in [0, 0.1) is 0 Å². The maximum atomic E-state index is 6.02. The second-order valence-corrected chi connectivity index (χ2v) is 4.24. The van der Waals surface area contributed by atoms with Crippen LogP contribution in [0.4, 0.5) is 0 Å². The highest BCUT2D eigenvalue weighted by molar-refractivity contribution is 6.31. The molecule has 0 bridgehead atoms. The summed E-state index contributed by atoms with van der Waals surface area (Å²) >= 11 is 6.02. The molecule has 0 amide bonds. The summed E-state index contributed by atoms with van der Waals surface area (Å²) in [4.78, 5) is 0. The van der Waals surface area contributed by atoms with Crippen molar-refractivity contribution in [3.8, 4) is 0 Å². The van der Waals surface area contributed by atoms with Crippen LogP contribution in [-0.2, 0) is 0 Å². The van der Waals surface area contributed by atoms with Crippen LogP contribution in [0.5, 0.6) is 0 Å². The zero-order valence-electron chi connectivity index (χ0n) is 9.20. The zero-order valence-corrected chi connectivity index (χ0v) is 9.96. The Morgan fingerprint density at radius 1 is 1.19 bits per heavy atom. The van der Waals surface area contributed by atoms with Crippen molar-refractivity contribution in [2.75, 3.05) is 0 Å². The van der Waals surface area contributed by atoms with E-state index in [1.165, 1.54) is 11.1 Å². The van der Waals surface area contributed by atoms with Gasteiger partial charge in [-0.3, -0.25) is 0 Å². The Labute approximate surface area is 101 Å². The molecule has 1 heteroatoms. The zero-order chi connectivity index (χ0) is 11.4. The third kappa shape index (κ3) is 2.76. The molecule has 0 aliphatic heterocycles. The third-order valence-corrected chi connectivity index (χ3v) is 2.73. The Hall–Kier alpha value is -1.49. The van der Waals surface area contributed by atoms with Crippen LogP contribution in [0.25, 0.3) is 0 Å². The van der Waals surface area contributed by atoms with Crippen LogP contribution in [-0.4, -0.2) is 0 Å². The van der Waals surface area contributed by atoms with Gasteiger partial charge in [-0.1, -0.05) is 41.5 Å². The molecule has 80 valence electrons. The highest BCUT2D eigenvalue weighted by Crippen LogP contribution is 2.22. The van der Waals surface area contributed by atoms with Gasteiger partial charge < -0.3 is 0 Å². The lowest BCUT2D eigenvalue weighted by Crippen LogP contribution is -1.83. The fraction of sp³-hybridized carbons (Fsp3) is 0.133. The smallest absolute Gasteiger partial charge is 0.0489 e. The number of halogens is 1. The number of hydrogen-bond donors (Lipinski definition) is 0. The van der Waals surface area contributed by atoms with E-state index in [-0.39, 0.29) is 0 Å². The van der Waals surface area contributed by atoms with Crippen molar-refractivity contribution in [1.29, 1.82) is 0 Å². The highest BCUT2D eigenvalue weighted by Gasteiger charge is 2.02. The molecular formula is C15H13Cl. The van der Waals surface area contributed by atoms with Gasteiger partial charge in [0.15, 0.2) is 0 Å². The van der Waals surface area contributed by atoms with Gasteiger partial charge in [-0.15, -0.1) is 5.73 Å². The number of hydrogen-bond acceptors (Lipinski definition) is 0. The van der Waals surface area contributed by atoms with Gasteiger partial charge in [-0.25, -0.2) is 0 Å². The Bertz CT molecular complexity index is 502. The fourth-order valence-corrected chi connectivity index (χ4v) is 1.81. The average molecular weight is 229 g/mol. The Morgan fingerprint density at radius 2 is 2.06 bits per heavy atom. The monoisotopic (exact) mass is 228 g/mol. The van der Waals surface area contributed by atoms with E-state index in [1.54, 1.807) is 6.08 Å². The summed E-state index contributed by atoms with van der Waals surface area (Å²) in [5, 5.41) is 0.711. The van der Waals surface area contributed by atoms with Gasteiger partial charge in [0.25, 0.3) is 0 Å². The summed E-state index contributed by atoms with van der Waals surface area (Å²) < 4.78 is 0. The maximum Gasteiger partial charge on any atom is 0.0489 e. The SMILES string of the molecule is CC1=CCC=C(C2=CC=C=CC(Cl)=C2)C=C1. The first-order valence-corrected chi connectivity index (χ1v) is 5.69. The molecule has 0 radical (unpaired) electrons. The minimum atomic E-state index is 0.711. The van der Waals surface area contributed by atoms with E-state index in [0.29, 0.717) is 5.03 Å². The molecule has 0 spiro atoms. The highest BCUT2D eigenvalue weighted by atomic mass is 35.5. The molecule has 0 aromatic carbocycles. The molecule has 0 heterocycles. The molecule has 0 aromatic rings. The lowest BCUT2D eigenvalue weighted by Gasteiger charge is -2.02. The molecule has 16 heavy (non-hydrogen) atoms. The number of rotatable bonds is 1. The second-order valence-electron chi connectivity index (χ2n) is 3.81. The maximum absolute atomic E-state index is 6.02. The first kappa shape index (κ1) is 11.0. The van der Waals surface area contributed by atoms with Crippen molar-refractivity contribution >= 4 is 11.6 Å². The normalized spacial score (nSPS) is 19.4. The van der Waals surface area contributed by atoms with Crippen LogP contribution in [0.1, 0.15) is 13.3 Å². The van der Waals surface area contributed by atoms with Crippen molar-refractivity contribution in [2.45, 2.75) is 13.3 Å². The van der Waals surface area contributed by atoms with Crippen molar-refractivity contribution in [3.05, 3.63) is 76.1 Å². The van der Waals surface area contributed by atoms with E-state index < -0.39 is 0 Å². The van der Waals surface area contributed by atoms with E-state index in [1.807, 2.05) is 18.2 Å². The minimum absolute atomic E-state index is 0.711. The largest absolute Gasteiger partial charge is 0.119 e. The molecular weight excluding hydrogens is 216 g/mol. The van der Waals surface area contributed by atoms with Crippen molar-refractivity contribution in [3.63, 3.8) is 0 Å². The fourth-order valence-electron chi connectivity index (χ4n) is 1.63. The Morgan fingerprint density at radius 3 is 2.94 bits per heavy atom. The van der Waals surface area contributed by atoms with Crippen molar-refractivity contribution < 1.29 is 0 Å². The number of allylic oxidation sites excluding steroid dienone is 11. The van der Waals surface area contributed by atoms with E-state index in [2.05, 4.69) is 37.0 Å². The molecule has 0 saturated heterocycles. The summed E-state index contributed by atoms with van der Waals surface area (Å²) in [5.41, 5.74) is 6.63. The average Bonchev–Trinajstić information content (AvgIpc) is 2.58. The van der Waals surface area contributed by atoms with Crippen LogP contribution in [0.3, 0.4) is 0 Å². The van der Waals surface area contributed by atoms with Gasteiger partial charge in [0.1, 0.15) is 0 Å². The topological polar surface area (TPSA) is 0 Å². The van der Waals surface area contributed by atoms with Gasteiger partial charge in [0.05, 0.1) is 0 Å². The van der Waals surface area contributed by atoms with E-state index in [4.69, 9.17) is 11.6 Å². The lowest BCUT2D eigenvalue weighted by atomic mass is 10.0. The third-order valence-electron chi connectivity index (χ3n) is 2.51. The molecule has 0 nitrogen and oxygen atoms in total. The lowest BCUT2D eigenvalue weighted by molar-refractivity contribution is 1.33. The van der Waals surface area contributed by atoms with E-state index in [9.17, 15) is 0 Å². The van der Waals surface area contributed by atoms with Crippen LogP contribution < -0.4 is 0 Å². The predicted molar refractivity (Wildman–Crippen MR) is 70.3 cm³/mol. The second kappa shape index (κ2) is 5.03. The summed E-state index contributed by atoms with van der Waals surface area (Å²) in [6.45, 7) is 2.11. The van der Waals surface area contributed by atoms with Crippen LogP contribution in [0.2, 0.25) is 0 Å². The van der Waals surface area contributed by atoms with Crippen LogP contribution >= 0.6 is 11.6 Å². The van der Waals surface area contributed by atoms with Gasteiger partial charge in [0.2, 0.25) is 0 Å². The molecule has 2 aliphatic rings. The van der Waals surface area contributed by atoms with Gasteiger partial charge in [0, 0.05) is 5.03 Å². The quantitative estimate of drug-likeness (QED) is 0.576. The predicted octanol–water partition coefficient (Wildman–Crippen LogP) is 4.59. The molecule has 0 unspecified atom stereocenters. The van der Waals surface area contributed by atoms with Crippen molar-refractivity contribution in [1.82, 2.24) is 0 Å². The molecule has 2 rings (SSSR count). The van der Waals surface area contributed by atoms with E-state index >= 15 is 0 Å². The molecule has 0 atom stereocenters. The first-order chi connectivity index (χ1) is 7.75. The Kier molecular flexibility index (Phi) is 3.46. The van der Waals surface area contributed by atoms with E-state index in [0.717, 1.165) is 12.0 Å². The minimum Gasteiger partial charge on any atom is -0.119 e. The Balaban J connectivity index is 2.31. The van der Waals surface area contributed by atoms with Crippen molar-refractivity contribution in [2.24, 2.45) is 0 Å². The molecule has 2 aliphatic carbocycles. The van der Waals surface area contributed by atoms with Gasteiger partial charge in [-0.05, 0) is 48.8 Å². The standard InChI is InChI=1S/C15H13Cl/c1-12-5-4-7-13(10-9-12)14-6-2-3-8-15(16)11-14/h2,5-11H,4H2,1H3. The molecule has 0 N–H and O–H groups in total. The van der Waals surface area contributed by atoms with Gasteiger partial charge in [-0.2, -0.15) is 0 Å².